The first kappa shape index (κ1) is 23.0. The number of benzene rings is 4. The van der Waals surface area contributed by atoms with Crippen molar-refractivity contribution in [3.8, 4) is 22.6 Å². The van der Waals surface area contributed by atoms with Gasteiger partial charge in [-0.1, -0.05) is 57.0 Å². The summed E-state index contributed by atoms with van der Waals surface area (Å²) in [4.78, 5) is 4.68. The molecule has 6 aromatic rings. The van der Waals surface area contributed by atoms with Gasteiger partial charge in [-0.2, -0.15) is 0 Å². The van der Waals surface area contributed by atoms with Crippen molar-refractivity contribution in [3.63, 3.8) is 0 Å². The average Bonchev–Trinajstić information content (AvgIpc) is 3.52. The van der Waals surface area contributed by atoms with Crippen LogP contribution in [-0.4, -0.2) is 4.98 Å². The summed E-state index contributed by atoms with van der Waals surface area (Å²) in [5.74, 6) is 0.672. The number of aryl methyl sites for hydroxylation is 2. The van der Waals surface area contributed by atoms with E-state index >= 15 is 0 Å². The van der Waals surface area contributed by atoms with E-state index in [0.29, 0.717) is 5.89 Å². The second-order valence-corrected chi connectivity index (χ2v) is 10.8. The molecule has 2 aromatic heterocycles. The molecule has 0 aliphatic carbocycles. The molecule has 0 aliphatic rings. The van der Waals surface area contributed by atoms with E-state index in [1.54, 1.807) is 0 Å². The van der Waals surface area contributed by atoms with Crippen molar-refractivity contribution in [1.82, 2.24) is 4.98 Å². The van der Waals surface area contributed by atoms with Gasteiger partial charge in [0.25, 0.3) is 0 Å². The minimum Gasteiger partial charge on any atom is -0.436 e. The van der Waals surface area contributed by atoms with E-state index in [1.807, 2.05) is 35.6 Å². The molecule has 3 heteroatoms. The van der Waals surface area contributed by atoms with Crippen LogP contribution in [0.15, 0.2) is 83.3 Å². The van der Waals surface area contributed by atoms with Gasteiger partial charge in [0.1, 0.15) is 5.52 Å². The number of hydrogen-bond donors (Lipinski definition) is 0. The molecule has 0 amide bonds. The van der Waals surface area contributed by atoms with E-state index in [4.69, 9.17) is 4.42 Å². The number of hydrogen-bond acceptors (Lipinski definition) is 3. The molecule has 0 aliphatic heterocycles. The van der Waals surface area contributed by atoms with Gasteiger partial charge >= 0.3 is 0 Å². The monoisotopic (exact) mass is 489 g/mol. The Morgan fingerprint density at radius 1 is 0.722 bits per heavy atom. The highest BCUT2D eigenvalue weighted by molar-refractivity contribution is 7.26. The summed E-state index contributed by atoms with van der Waals surface area (Å²) in [7, 11) is 0. The Labute approximate surface area is 216 Å². The zero-order chi connectivity index (χ0) is 24.5. The van der Waals surface area contributed by atoms with Crippen LogP contribution in [0.25, 0.3) is 53.9 Å². The Morgan fingerprint density at radius 3 is 2.22 bits per heavy atom. The Hall–Kier alpha value is -3.43. The van der Waals surface area contributed by atoms with Crippen LogP contribution in [0.3, 0.4) is 0 Å². The molecule has 6 rings (SSSR count). The van der Waals surface area contributed by atoms with Crippen LogP contribution in [0.4, 0.5) is 0 Å². The number of unbranched alkanes of at least 4 members (excludes halogenated alkanes) is 2. The number of oxazole rings is 1. The lowest BCUT2D eigenvalue weighted by Crippen LogP contribution is -1.88. The number of nitrogens with zero attached hydrogens (tertiary/aromatic N) is 1. The molecule has 0 saturated heterocycles. The van der Waals surface area contributed by atoms with Crippen LogP contribution < -0.4 is 0 Å². The molecular weight excluding hydrogens is 458 g/mol. The van der Waals surface area contributed by atoms with E-state index in [-0.39, 0.29) is 0 Å². The third-order valence-electron chi connectivity index (χ3n) is 7.07. The molecule has 0 radical (unpaired) electrons. The minimum absolute atomic E-state index is 0.672. The topological polar surface area (TPSA) is 26.0 Å². The Kier molecular flexibility index (Phi) is 6.33. The molecule has 0 saturated carbocycles. The molecule has 0 unspecified atom stereocenters. The van der Waals surface area contributed by atoms with E-state index in [0.717, 1.165) is 29.5 Å². The fraction of sp³-hybridized carbons (Fsp3) is 0.242. The van der Waals surface area contributed by atoms with Crippen molar-refractivity contribution in [2.75, 3.05) is 0 Å². The van der Waals surface area contributed by atoms with E-state index in [1.165, 1.54) is 68.1 Å². The summed E-state index contributed by atoms with van der Waals surface area (Å²) in [6, 6.07) is 28.6. The van der Waals surface area contributed by atoms with Gasteiger partial charge in [0.2, 0.25) is 5.89 Å². The molecule has 180 valence electrons. The minimum atomic E-state index is 0.672. The SMILES string of the molecule is CCCCc1ccc2sc3c(-c4ccc(-c5nc6ccccc6o5)cc4)cc(CCCC)cc3c2c1. The highest BCUT2D eigenvalue weighted by atomic mass is 32.1. The highest BCUT2D eigenvalue weighted by Gasteiger charge is 2.14. The number of thiophene rings is 1. The van der Waals surface area contributed by atoms with E-state index in [9.17, 15) is 0 Å². The van der Waals surface area contributed by atoms with Crippen molar-refractivity contribution in [3.05, 3.63) is 90.0 Å². The number of rotatable bonds is 8. The molecule has 2 nitrogen and oxygen atoms in total. The molecule has 36 heavy (non-hydrogen) atoms. The number of fused-ring (bicyclic) bond motifs is 4. The zero-order valence-corrected chi connectivity index (χ0v) is 21.8. The van der Waals surface area contributed by atoms with Crippen molar-refractivity contribution in [2.24, 2.45) is 0 Å². The van der Waals surface area contributed by atoms with Crippen LogP contribution in [0, 0.1) is 0 Å². The summed E-state index contributed by atoms with van der Waals surface area (Å²) in [5, 5.41) is 2.81. The molecule has 0 bridgehead atoms. The molecule has 0 atom stereocenters. The molecule has 2 heterocycles. The fourth-order valence-corrected chi connectivity index (χ4v) is 6.25. The average molecular weight is 490 g/mol. The Bertz CT molecular complexity index is 1620. The van der Waals surface area contributed by atoms with Gasteiger partial charge in [0.05, 0.1) is 0 Å². The molecule has 0 fully saturated rings. The number of aromatic nitrogens is 1. The van der Waals surface area contributed by atoms with E-state index in [2.05, 4.69) is 73.4 Å². The van der Waals surface area contributed by atoms with E-state index < -0.39 is 0 Å². The van der Waals surface area contributed by atoms with Crippen LogP contribution in [-0.2, 0) is 12.8 Å². The maximum absolute atomic E-state index is 6.00. The second-order valence-electron chi connectivity index (χ2n) is 9.72. The Morgan fingerprint density at radius 2 is 1.44 bits per heavy atom. The van der Waals surface area contributed by atoms with Gasteiger partial charge in [-0.05, 0) is 96.5 Å². The largest absolute Gasteiger partial charge is 0.436 e. The summed E-state index contributed by atoms with van der Waals surface area (Å²) in [6.07, 6.45) is 7.17. The summed E-state index contributed by atoms with van der Waals surface area (Å²) >= 11 is 1.92. The van der Waals surface area contributed by atoms with Gasteiger partial charge in [0, 0.05) is 25.7 Å². The van der Waals surface area contributed by atoms with Gasteiger partial charge < -0.3 is 4.42 Å². The van der Waals surface area contributed by atoms with Crippen LogP contribution in [0.2, 0.25) is 0 Å². The van der Waals surface area contributed by atoms with Crippen LogP contribution in [0.1, 0.15) is 50.7 Å². The standard InChI is InChI=1S/C33H31NOS/c1-3-5-9-22-13-18-31-27(19-22)28-21-23(10-6-4-2)20-26(32(28)36-31)24-14-16-25(17-15-24)33-34-29-11-7-8-12-30(29)35-33/h7-8,11-21H,3-6,9-10H2,1-2H3. The van der Waals surface area contributed by atoms with Crippen molar-refractivity contribution >= 4 is 42.6 Å². The van der Waals surface area contributed by atoms with Gasteiger partial charge in [-0.25, -0.2) is 4.98 Å². The van der Waals surface area contributed by atoms with Crippen molar-refractivity contribution in [2.45, 2.75) is 52.4 Å². The third-order valence-corrected chi connectivity index (χ3v) is 8.29. The fourth-order valence-electron chi connectivity index (χ4n) is 5.05. The first-order valence-electron chi connectivity index (χ1n) is 13.2. The molecule has 4 aromatic carbocycles. The first-order valence-corrected chi connectivity index (χ1v) is 14.0. The predicted octanol–water partition coefficient (Wildman–Crippen LogP) is 10.2. The molecular formula is C33H31NOS. The van der Waals surface area contributed by atoms with Crippen LogP contribution >= 0.6 is 11.3 Å². The smallest absolute Gasteiger partial charge is 0.227 e. The van der Waals surface area contributed by atoms with Gasteiger partial charge in [-0.15, -0.1) is 11.3 Å². The lowest BCUT2D eigenvalue weighted by atomic mass is 9.96. The summed E-state index contributed by atoms with van der Waals surface area (Å²) in [6.45, 7) is 4.53. The molecule has 0 N–H and O–H groups in total. The maximum atomic E-state index is 6.00. The molecule has 0 spiro atoms. The normalized spacial score (nSPS) is 11.7. The predicted molar refractivity (Wildman–Crippen MR) is 155 cm³/mol. The lowest BCUT2D eigenvalue weighted by Gasteiger charge is -2.09. The number of para-hydroxylation sites is 2. The summed E-state index contributed by atoms with van der Waals surface area (Å²) < 4.78 is 8.76. The summed E-state index contributed by atoms with van der Waals surface area (Å²) in [5.41, 5.74) is 8.18. The second kappa shape index (κ2) is 9.91. The van der Waals surface area contributed by atoms with Crippen molar-refractivity contribution in [1.29, 1.82) is 0 Å². The maximum Gasteiger partial charge on any atom is 0.227 e. The van der Waals surface area contributed by atoms with Gasteiger partial charge in [-0.3, -0.25) is 0 Å². The quantitative estimate of drug-likeness (QED) is 0.212. The zero-order valence-electron chi connectivity index (χ0n) is 21.0. The third kappa shape index (κ3) is 4.33. The lowest BCUT2D eigenvalue weighted by molar-refractivity contribution is 0.620. The van der Waals surface area contributed by atoms with Crippen molar-refractivity contribution < 1.29 is 4.42 Å². The van der Waals surface area contributed by atoms with Crippen LogP contribution in [0.5, 0.6) is 0 Å². The first-order chi connectivity index (χ1) is 17.7. The van der Waals surface area contributed by atoms with Gasteiger partial charge in [0.15, 0.2) is 5.58 Å². The Balaban J connectivity index is 1.45. The highest BCUT2D eigenvalue weighted by Crippen LogP contribution is 2.42.